The van der Waals surface area contributed by atoms with Gasteiger partial charge in [0.15, 0.2) is 0 Å². The molecule has 2 aliphatic rings. The molecule has 1 aromatic carbocycles. The van der Waals surface area contributed by atoms with Crippen molar-refractivity contribution < 1.29 is 17.9 Å². The standard InChI is InChI=1S/C21H33N3O4S/c1-16-13-23(14-17(2)28-16)29(26,27)20-10-7-8-18(12-20)21(25)24-11-6-5-9-19(24)15-22(3)4/h7-8,10,12,16-17,19H,5-6,9,11,13-15H2,1-4H3/t16-,17-,19-/m1/s1. The quantitative estimate of drug-likeness (QED) is 0.725. The zero-order chi connectivity index (χ0) is 21.2. The lowest BCUT2D eigenvalue weighted by Crippen LogP contribution is -2.48. The molecule has 29 heavy (non-hydrogen) atoms. The van der Waals surface area contributed by atoms with E-state index in [0.717, 1.165) is 25.8 Å². The van der Waals surface area contributed by atoms with Gasteiger partial charge in [0.1, 0.15) is 0 Å². The Morgan fingerprint density at radius 3 is 2.52 bits per heavy atom. The summed E-state index contributed by atoms with van der Waals surface area (Å²) in [5.74, 6) is -0.0858. The van der Waals surface area contributed by atoms with Crippen molar-refractivity contribution in [3.63, 3.8) is 0 Å². The van der Waals surface area contributed by atoms with Crippen LogP contribution < -0.4 is 0 Å². The van der Waals surface area contributed by atoms with Gasteiger partial charge in [-0.2, -0.15) is 4.31 Å². The van der Waals surface area contributed by atoms with Gasteiger partial charge in [0, 0.05) is 37.8 Å². The number of benzene rings is 1. The van der Waals surface area contributed by atoms with Crippen LogP contribution in [0.1, 0.15) is 43.5 Å². The molecule has 1 aromatic rings. The van der Waals surface area contributed by atoms with E-state index in [1.807, 2.05) is 32.8 Å². The van der Waals surface area contributed by atoms with E-state index in [4.69, 9.17) is 4.74 Å². The molecule has 3 rings (SSSR count). The van der Waals surface area contributed by atoms with Crippen molar-refractivity contribution in [3.8, 4) is 0 Å². The third kappa shape index (κ3) is 5.17. The van der Waals surface area contributed by atoms with Gasteiger partial charge < -0.3 is 14.5 Å². The number of nitrogens with zero attached hydrogens (tertiary/aromatic N) is 3. The number of sulfonamides is 1. The molecule has 2 aliphatic heterocycles. The van der Waals surface area contributed by atoms with Crippen molar-refractivity contribution in [2.24, 2.45) is 0 Å². The molecule has 2 fully saturated rings. The van der Waals surface area contributed by atoms with E-state index in [0.29, 0.717) is 25.2 Å². The monoisotopic (exact) mass is 423 g/mol. The van der Waals surface area contributed by atoms with Crippen molar-refractivity contribution in [2.45, 2.75) is 56.3 Å². The van der Waals surface area contributed by atoms with Gasteiger partial charge in [-0.15, -0.1) is 0 Å². The predicted molar refractivity (Wildman–Crippen MR) is 112 cm³/mol. The maximum atomic E-state index is 13.2. The number of ether oxygens (including phenoxy) is 1. The molecular weight excluding hydrogens is 390 g/mol. The minimum Gasteiger partial charge on any atom is -0.373 e. The number of amides is 1. The summed E-state index contributed by atoms with van der Waals surface area (Å²) in [5.41, 5.74) is 0.436. The van der Waals surface area contributed by atoms with Crippen molar-refractivity contribution in [2.75, 3.05) is 40.3 Å². The Labute approximate surface area is 174 Å². The van der Waals surface area contributed by atoms with Crippen LogP contribution in [-0.2, 0) is 14.8 Å². The van der Waals surface area contributed by atoms with E-state index in [-0.39, 0.29) is 29.1 Å². The first kappa shape index (κ1) is 22.2. The summed E-state index contributed by atoms with van der Waals surface area (Å²) in [6, 6.07) is 6.65. The van der Waals surface area contributed by atoms with Crippen molar-refractivity contribution in [3.05, 3.63) is 29.8 Å². The molecule has 0 bridgehead atoms. The second-order valence-corrected chi connectivity index (χ2v) is 10.5. The minimum absolute atomic E-state index is 0.0858. The van der Waals surface area contributed by atoms with Gasteiger partial charge in [0.25, 0.3) is 5.91 Å². The van der Waals surface area contributed by atoms with Crippen LogP contribution in [0.5, 0.6) is 0 Å². The number of likely N-dealkylation sites (tertiary alicyclic amines) is 1. The van der Waals surface area contributed by atoms with Gasteiger partial charge >= 0.3 is 0 Å². The van der Waals surface area contributed by atoms with Gasteiger partial charge in [-0.1, -0.05) is 6.07 Å². The number of likely N-dealkylation sites (N-methyl/N-ethyl adjacent to an activating group) is 1. The number of rotatable bonds is 5. The van der Waals surface area contributed by atoms with Gasteiger partial charge in [0.2, 0.25) is 10.0 Å². The summed E-state index contributed by atoms with van der Waals surface area (Å²) in [6.45, 7) is 5.92. The van der Waals surface area contributed by atoms with E-state index < -0.39 is 10.0 Å². The predicted octanol–water partition coefficient (Wildman–Crippen LogP) is 2.04. The summed E-state index contributed by atoms with van der Waals surface area (Å²) in [4.78, 5) is 17.4. The molecule has 2 heterocycles. The van der Waals surface area contributed by atoms with Crippen LogP contribution >= 0.6 is 0 Å². The average Bonchev–Trinajstić information content (AvgIpc) is 2.67. The highest BCUT2D eigenvalue weighted by Crippen LogP contribution is 2.24. The normalized spacial score (nSPS) is 26.7. The molecule has 2 saturated heterocycles. The topological polar surface area (TPSA) is 70.2 Å². The zero-order valence-corrected chi connectivity index (χ0v) is 18.7. The molecule has 0 saturated carbocycles. The van der Waals surface area contributed by atoms with Crippen LogP contribution in [0.3, 0.4) is 0 Å². The van der Waals surface area contributed by atoms with Crippen LogP contribution in [0.15, 0.2) is 29.2 Å². The largest absolute Gasteiger partial charge is 0.373 e. The third-order valence-corrected chi connectivity index (χ3v) is 7.40. The van der Waals surface area contributed by atoms with Crippen molar-refractivity contribution in [1.82, 2.24) is 14.1 Å². The summed E-state index contributed by atoms with van der Waals surface area (Å²) >= 11 is 0. The Morgan fingerprint density at radius 1 is 1.17 bits per heavy atom. The van der Waals surface area contributed by atoms with E-state index in [1.165, 1.54) is 10.4 Å². The molecule has 3 atom stereocenters. The molecule has 0 aliphatic carbocycles. The van der Waals surface area contributed by atoms with Crippen molar-refractivity contribution in [1.29, 1.82) is 0 Å². The van der Waals surface area contributed by atoms with E-state index >= 15 is 0 Å². The van der Waals surface area contributed by atoms with Crippen LogP contribution in [0.25, 0.3) is 0 Å². The first-order chi connectivity index (χ1) is 13.7. The van der Waals surface area contributed by atoms with Gasteiger partial charge in [-0.05, 0) is 65.4 Å². The Balaban J connectivity index is 1.84. The van der Waals surface area contributed by atoms with Gasteiger partial charge in [-0.3, -0.25) is 4.79 Å². The highest BCUT2D eigenvalue weighted by Gasteiger charge is 2.33. The van der Waals surface area contributed by atoms with Crippen LogP contribution in [0.4, 0.5) is 0 Å². The van der Waals surface area contributed by atoms with Crippen LogP contribution in [0.2, 0.25) is 0 Å². The smallest absolute Gasteiger partial charge is 0.254 e. The lowest BCUT2D eigenvalue weighted by atomic mass is 10.0. The summed E-state index contributed by atoms with van der Waals surface area (Å²) in [7, 11) is 0.345. The lowest BCUT2D eigenvalue weighted by Gasteiger charge is -2.37. The van der Waals surface area contributed by atoms with Gasteiger partial charge in [0.05, 0.1) is 17.1 Å². The molecule has 0 unspecified atom stereocenters. The maximum Gasteiger partial charge on any atom is 0.254 e. The highest BCUT2D eigenvalue weighted by atomic mass is 32.2. The summed E-state index contributed by atoms with van der Waals surface area (Å²) in [6.07, 6.45) is 2.77. The first-order valence-electron chi connectivity index (χ1n) is 10.4. The third-order valence-electron chi connectivity index (χ3n) is 5.57. The Hall–Kier alpha value is -1.48. The second kappa shape index (κ2) is 9.12. The fraction of sp³-hybridized carbons (Fsp3) is 0.667. The van der Waals surface area contributed by atoms with E-state index in [2.05, 4.69) is 4.90 Å². The number of carbonyl (C=O) groups excluding carboxylic acids is 1. The molecule has 0 aromatic heterocycles. The maximum absolute atomic E-state index is 13.2. The number of morpholine rings is 1. The lowest BCUT2D eigenvalue weighted by molar-refractivity contribution is -0.0440. The average molecular weight is 424 g/mol. The number of hydrogen-bond donors (Lipinski definition) is 0. The second-order valence-electron chi connectivity index (χ2n) is 8.52. The van der Waals surface area contributed by atoms with Crippen LogP contribution in [-0.4, -0.2) is 87.0 Å². The molecule has 8 heteroatoms. The molecule has 0 spiro atoms. The Morgan fingerprint density at radius 2 is 1.86 bits per heavy atom. The first-order valence-corrected chi connectivity index (χ1v) is 11.8. The van der Waals surface area contributed by atoms with Crippen molar-refractivity contribution >= 4 is 15.9 Å². The summed E-state index contributed by atoms with van der Waals surface area (Å²) < 4.78 is 33.5. The minimum atomic E-state index is -3.67. The number of carbonyl (C=O) groups is 1. The van der Waals surface area contributed by atoms with Gasteiger partial charge in [-0.25, -0.2) is 8.42 Å². The molecule has 1 amide bonds. The number of piperidine rings is 1. The SMILES string of the molecule is C[C@@H]1CN(S(=O)(=O)c2cccc(C(=O)N3CCCC[C@@H]3CN(C)C)c2)C[C@@H](C)O1. The molecule has 162 valence electrons. The molecule has 0 radical (unpaired) electrons. The fourth-order valence-electron chi connectivity index (χ4n) is 4.31. The zero-order valence-electron chi connectivity index (χ0n) is 17.9. The highest BCUT2D eigenvalue weighted by molar-refractivity contribution is 7.89. The van der Waals surface area contributed by atoms with Crippen LogP contribution in [0, 0.1) is 0 Å². The fourth-order valence-corrected chi connectivity index (χ4v) is 5.95. The Bertz CT molecular complexity index is 817. The number of hydrogen-bond acceptors (Lipinski definition) is 5. The van der Waals surface area contributed by atoms with E-state index in [1.54, 1.807) is 18.2 Å². The molecule has 0 N–H and O–H groups in total. The Kier molecular flexibility index (Phi) is 6.98. The molecule has 7 nitrogen and oxygen atoms in total. The summed E-state index contributed by atoms with van der Waals surface area (Å²) in [5, 5.41) is 0. The molecular formula is C21H33N3O4S. The van der Waals surface area contributed by atoms with E-state index in [9.17, 15) is 13.2 Å².